The summed E-state index contributed by atoms with van der Waals surface area (Å²) in [6.07, 6.45) is 0.218. The number of hydrogen-bond acceptors (Lipinski definition) is 5. The number of nitro benzene ring substituents is 1. The predicted octanol–water partition coefficient (Wildman–Crippen LogP) is 2.20. The molecule has 0 fully saturated rings. The van der Waals surface area contributed by atoms with E-state index in [-0.39, 0.29) is 11.4 Å². The summed E-state index contributed by atoms with van der Waals surface area (Å²) in [6, 6.07) is 4.96. The molecule has 106 valence electrons. The quantitative estimate of drug-likeness (QED) is 0.606. The van der Waals surface area contributed by atoms with Gasteiger partial charge in [-0.1, -0.05) is 13.0 Å². The molecule has 6 nitrogen and oxygen atoms in total. The number of rotatable bonds is 7. The van der Waals surface area contributed by atoms with Gasteiger partial charge in [0.2, 0.25) is 0 Å². The van der Waals surface area contributed by atoms with Gasteiger partial charge in [0, 0.05) is 13.6 Å². The summed E-state index contributed by atoms with van der Waals surface area (Å²) in [5.41, 5.74) is 0.388. The smallest absolute Gasteiger partial charge is 0.333 e. The molecule has 0 aliphatic heterocycles. The highest BCUT2D eigenvalue weighted by Crippen LogP contribution is 2.36. The standard InChI is InChI=1S/C13H20N2O4/c1-4-8-19-12-7-5-6-11(13(12)15(17)18)14(3)9-10(2)16/h5-7,10,16H,4,8-9H2,1-3H3. The number of aliphatic hydroxyl groups excluding tert-OH is 1. The van der Waals surface area contributed by atoms with Crippen molar-refractivity contribution in [1.82, 2.24) is 0 Å². The van der Waals surface area contributed by atoms with E-state index in [1.54, 1.807) is 37.1 Å². The number of anilines is 1. The van der Waals surface area contributed by atoms with Crippen molar-refractivity contribution in [3.05, 3.63) is 28.3 Å². The van der Waals surface area contributed by atoms with Crippen LogP contribution in [-0.2, 0) is 0 Å². The fraction of sp³-hybridized carbons (Fsp3) is 0.538. The Morgan fingerprint density at radius 3 is 2.74 bits per heavy atom. The third-order valence-electron chi connectivity index (χ3n) is 2.57. The second-order valence-corrected chi connectivity index (χ2v) is 4.46. The first-order valence-corrected chi connectivity index (χ1v) is 6.26. The predicted molar refractivity (Wildman–Crippen MR) is 73.8 cm³/mol. The first kappa shape index (κ1) is 15.2. The lowest BCUT2D eigenvalue weighted by molar-refractivity contribution is -0.385. The van der Waals surface area contributed by atoms with Gasteiger partial charge in [0.05, 0.1) is 17.6 Å². The van der Waals surface area contributed by atoms with Crippen LogP contribution >= 0.6 is 0 Å². The molecule has 0 saturated heterocycles. The van der Waals surface area contributed by atoms with Gasteiger partial charge in [-0.05, 0) is 25.5 Å². The maximum absolute atomic E-state index is 11.2. The molecule has 0 aliphatic carbocycles. The van der Waals surface area contributed by atoms with E-state index < -0.39 is 11.0 Å². The Hall–Kier alpha value is -1.82. The van der Waals surface area contributed by atoms with Crippen molar-refractivity contribution >= 4 is 11.4 Å². The summed E-state index contributed by atoms with van der Waals surface area (Å²) < 4.78 is 5.41. The van der Waals surface area contributed by atoms with E-state index in [1.807, 2.05) is 6.92 Å². The minimum absolute atomic E-state index is 0.0564. The average molecular weight is 268 g/mol. The largest absolute Gasteiger partial charge is 0.487 e. The van der Waals surface area contributed by atoms with Crippen LogP contribution in [0.4, 0.5) is 11.4 Å². The van der Waals surface area contributed by atoms with Crippen LogP contribution in [0.15, 0.2) is 18.2 Å². The molecule has 0 radical (unpaired) electrons. The van der Waals surface area contributed by atoms with Crippen LogP contribution < -0.4 is 9.64 Å². The van der Waals surface area contributed by atoms with E-state index in [1.165, 1.54) is 0 Å². The normalized spacial score (nSPS) is 12.0. The van der Waals surface area contributed by atoms with E-state index in [2.05, 4.69) is 0 Å². The number of hydrogen-bond donors (Lipinski definition) is 1. The van der Waals surface area contributed by atoms with E-state index in [0.717, 1.165) is 6.42 Å². The van der Waals surface area contributed by atoms with Crippen molar-refractivity contribution in [3.8, 4) is 5.75 Å². The number of aliphatic hydroxyl groups is 1. The molecule has 1 N–H and O–H groups in total. The monoisotopic (exact) mass is 268 g/mol. The van der Waals surface area contributed by atoms with Gasteiger partial charge in [-0.2, -0.15) is 0 Å². The number of likely N-dealkylation sites (N-methyl/N-ethyl adjacent to an activating group) is 1. The van der Waals surface area contributed by atoms with E-state index in [0.29, 0.717) is 18.8 Å². The highest BCUT2D eigenvalue weighted by Gasteiger charge is 2.23. The van der Waals surface area contributed by atoms with Gasteiger partial charge in [-0.15, -0.1) is 0 Å². The molecule has 0 spiro atoms. The molecule has 1 aromatic carbocycles. The zero-order valence-corrected chi connectivity index (χ0v) is 11.5. The van der Waals surface area contributed by atoms with Gasteiger partial charge in [-0.25, -0.2) is 0 Å². The first-order valence-electron chi connectivity index (χ1n) is 6.26. The van der Waals surface area contributed by atoms with Crippen molar-refractivity contribution < 1.29 is 14.8 Å². The van der Waals surface area contributed by atoms with Crippen LogP contribution in [0.25, 0.3) is 0 Å². The van der Waals surface area contributed by atoms with Crippen molar-refractivity contribution in [2.75, 3.05) is 25.1 Å². The molecule has 1 atom stereocenters. The SMILES string of the molecule is CCCOc1cccc(N(C)CC(C)O)c1[N+](=O)[O-]. The van der Waals surface area contributed by atoms with E-state index in [9.17, 15) is 15.2 Å². The zero-order valence-electron chi connectivity index (χ0n) is 11.5. The third kappa shape index (κ3) is 4.10. The second-order valence-electron chi connectivity index (χ2n) is 4.46. The van der Waals surface area contributed by atoms with Crippen LogP contribution in [0.5, 0.6) is 5.75 Å². The maximum atomic E-state index is 11.2. The maximum Gasteiger partial charge on any atom is 0.333 e. The van der Waals surface area contributed by atoms with Crippen LogP contribution in [-0.4, -0.2) is 36.3 Å². The fourth-order valence-corrected chi connectivity index (χ4v) is 1.83. The fourth-order valence-electron chi connectivity index (χ4n) is 1.83. The van der Waals surface area contributed by atoms with Crippen LogP contribution in [0.1, 0.15) is 20.3 Å². The Kier molecular flexibility index (Phi) is 5.57. The summed E-state index contributed by atoms with van der Waals surface area (Å²) in [5, 5.41) is 20.6. The van der Waals surface area contributed by atoms with Gasteiger partial charge in [-0.3, -0.25) is 10.1 Å². The molecule has 1 aromatic rings. The van der Waals surface area contributed by atoms with Crippen molar-refractivity contribution in [3.63, 3.8) is 0 Å². The Labute approximate surface area is 112 Å². The number of para-hydroxylation sites is 1. The lowest BCUT2D eigenvalue weighted by atomic mass is 10.2. The summed E-state index contributed by atoms with van der Waals surface area (Å²) in [6.45, 7) is 4.33. The Morgan fingerprint density at radius 2 is 2.21 bits per heavy atom. The van der Waals surface area contributed by atoms with Gasteiger partial charge >= 0.3 is 5.69 Å². The molecule has 0 aliphatic rings. The highest BCUT2D eigenvalue weighted by molar-refractivity contribution is 5.69. The lowest BCUT2D eigenvalue weighted by Crippen LogP contribution is -2.27. The van der Waals surface area contributed by atoms with Gasteiger partial charge in [0.15, 0.2) is 5.75 Å². The Morgan fingerprint density at radius 1 is 1.53 bits per heavy atom. The molecule has 0 amide bonds. The van der Waals surface area contributed by atoms with Gasteiger partial charge < -0.3 is 14.7 Å². The van der Waals surface area contributed by atoms with E-state index in [4.69, 9.17) is 4.74 Å². The molecule has 6 heteroatoms. The minimum Gasteiger partial charge on any atom is -0.487 e. The number of benzene rings is 1. The van der Waals surface area contributed by atoms with Gasteiger partial charge in [0.25, 0.3) is 0 Å². The molecule has 1 unspecified atom stereocenters. The van der Waals surface area contributed by atoms with Crippen molar-refractivity contribution in [2.24, 2.45) is 0 Å². The summed E-state index contributed by atoms with van der Waals surface area (Å²) >= 11 is 0. The van der Waals surface area contributed by atoms with Crippen LogP contribution in [0, 0.1) is 10.1 Å². The zero-order chi connectivity index (χ0) is 14.4. The molecule has 1 rings (SSSR count). The summed E-state index contributed by atoms with van der Waals surface area (Å²) in [7, 11) is 1.71. The Bertz CT molecular complexity index is 435. The third-order valence-corrected chi connectivity index (χ3v) is 2.57. The minimum atomic E-state index is -0.565. The average Bonchev–Trinajstić information content (AvgIpc) is 2.34. The van der Waals surface area contributed by atoms with Gasteiger partial charge in [0.1, 0.15) is 5.69 Å². The first-order chi connectivity index (χ1) is 8.97. The topological polar surface area (TPSA) is 75.8 Å². The van der Waals surface area contributed by atoms with Crippen LogP contribution in [0.3, 0.4) is 0 Å². The molecular weight excluding hydrogens is 248 g/mol. The number of nitrogens with zero attached hydrogens (tertiary/aromatic N) is 2. The van der Waals surface area contributed by atoms with Crippen molar-refractivity contribution in [1.29, 1.82) is 0 Å². The molecular formula is C13H20N2O4. The lowest BCUT2D eigenvalue weighted by Gasteiger charge is -2.21. The molecule has 19 heavy (non-hydrogen) atoms. The van der Waals surface area contributed by atoms with E-state index >= 15 is 0 Å². The molecule has 0 saturated carbocycles. The second kappa shape index (κ2) is 6.94. The summed E-state index contributed by atoms with van der Waals surface area (Å²) in [5.74, 6) is 0.266. The Balaban J connectivity index is 3.12. The number of ether oxygens (including phenoxy) is 1. The summed E-state index contributed by atoms with van der Waals surface area (Å²) in [4.78, 5) is 12.4. The molecule has 0 aromatic heterocycles. The number of nitro groups is 1. The van der Waals surface area contributed by atoms with Crippen LogP contribution in [0.2, 0.25) is 0 Å². The molecule has 0 heterocycles. The molecule has 0 bridgehead atoms. The highest BCUT2D eigenvalue weighted by atomic mass is 16.6. The van der Waals surface area contributed by atoms with Crippen molar-refractivity contribution in [2.45, 2.75) is 26.4 Å².